The number of imide groups is 1. The van der Waals surface area contributed by atoms with Crippen molar-refractivity contribution in [3.05, 3.63) is 77.9 Å². The number of amides is 3. The predicted molar refractivity (Wildman–Crippen MR) is 142 cm³/mol. The number of rotatable bonds is 8. The number of nitrogens with zero attached hydrogens (tertiary/aromatic N) is 2. The second kappa shape index (κ2) is 10.2. The summed E-state index contributed by atoms with van der Waals surface area (Å²) in [6, 6.07) is 17.5. The van der Waals surface area contributed by atoms with Crippen LogP contribution in [0.2, 0.25) is 0 Å². The molecule has 2 heterocycles. The average molecular weight is 535 g/mol. The number of anilines is 3. The van der Waals surface area contributed by atoms with Crippen molar-refractivity contribution in [2.75, 3.05) is 41.7 Å². The van der Waals surface area contributed by atoms with Crippen molar-refractivity contribution in [3.63, 3.8) is 0 Å². The Labute approximate surface area is 220 Å². The van der Waals surface area contributed by atoms with Crippen molar-refractivity contribution in [2.24, 2.45) is 0 Å². The average Bonchev–Trinajstić information content (AvgIpc) is 3.53. The van der Waals surface area contributed by atoms with Gasteiger partial charge in [-0.25, -0.2) is 8.42 Å². The number of carbonyl (C=O) groups is 3. The molecule has 3 aromatic rings. The monoisotopic (exact) mass is 534 g/mol. The molecule has 1 saturated heterocycles. The van der Waals surface area contributed by atoms with E-state index < -0.39 is 34.3 Å². The Hall–Kier alpha value is -4.38. The van der Waals surface area contributed by atoms with Gasteiger partial charge in [0, 0.05) is 24.5 Å². The molecular formula is C27H26N4O6S. The third-order valence-electron chi connectivity index (χ3n) is 6.50. The Balaban J connectivity index is 1.38. The van der Waals surface area contributed by atoms with Crippen LogP contribution in [-0.2, 0) is 14.8 Å². The largest absolute Gasteiger partial charge is 0.497 e. The lowest BCUT2D eigenvalue weighted by atomic mass is 10.1. The van der Waals surface area contributed by atoms with Crippen molar-refractivity contribution in [3.8, 4) is 5.75 Å². The number of benzene rings is 3. The third kappa shape index (κ3) is 4.92. The van der Waals surface area contributed by atoms with Crippen molar-refractivity contribution >= 4 is 44.8 Å². The molecule has 0 unspecified atom stereocenters. The van der Waals surface area contributed by atoms with Gasteiger partial charge in [0.2, 0.25) is 5.91 Å². The molecule has 0 spiro atoms. The van der Waals surface area contributed by atoms with Gasteiger partial charge >= 0.3 is 0 Å². The molecule has 196 valence electrons. The summed E-state index contributed by atoms with van der Waals surface area (Å²) >= 11 is 0. The Bertz CT molecular complexity index is 1480. The third-order valence-corrected chi connectivity index (χ3v) is 7.91. The fourth-order valence-corrected chi connectivity index (χ4v) is 5.93. The van der Waals surface area contributed by atoms with Crippen LogP contribution in [0.25, 0.3) is 0 Å². The molecule has 1 fully saturated rings. The molecule has 10 nitrogen and oxygen atoms in total. The van der Waals surface area contributed by atoms with Gasteiger partial charge in [0.25, 0.3) is 21.8 Å². The topological polar surface area (TPSA) is 125 Å². The first-order valence-corrected chi connectivity index (χ1v) is 13.6. The summed E-state index contributed by atoms with van der Waals surface area (Å²) in [7, 11) is -2.51. The number of ether oxygens (including phenoxy) is 1. The molecule has 0 aromatic heterocycles. The van der Waals surface area contributed by atoms with E-state index in [1.54, 1.807) is 48.5 Å². The minimum Gasteiger partial charge on any atom is -0.497 e. The molecule has 0 radical (unpaired) electrons. The number of carbonyl (C=O) groups excluding carboxylic acids is 3. The van der Waals surface area contributed by atoms with Gasteiger partial charge in [-0.15, -0.1) is 0 Å². The second-order valence-electron chi connectivity index (χ2n) is 9.00. The molecule has 3 aromatic carbocycles. The molecular weight excluding hydrogens is 508 g/mol. The lowest BCUT2D eigenvalue weighted by Crippen LogP contribution is -2.37. The molecule has 38 heavy (non-hydrogen) atoms. The van der Waals surface area contributed by atoms with Crippen LogP contribution in [0.4, 0.5) is 17.1 Å². The molecule has 2 aliphatic heterocycles. The van der Waals surface area contributed by atoms with Gasteiger partial charge < -0.3 is 15.0 Å². The summed E-state index contributed by atoms with van der Waals surface area (Å²) < 4.78 is 34.7. The first-order valence-electron chi connectivity index (χ1n) is 12.1. The zero-order valence-corrected chi connectivity index (χ0v) is 21.5. The molecule has 3 amide bonds. The van der Waals surface area contributed by atoms with E-state index in [-0.39, 0.29) is 21.7 Å². The van der Waals surface area contributed by atoms with E-state index in [0.717, 1.165) is 30.8 Å². The number of fused-ring (bicyclic) bond motifs is 1. The quantitative estimate of drug-likeness (QED) is 0.425. The van der Waals surface area contributed by atoms with Crippen LogP contribution in [-0.4, -0.2) is 57.8 Å². The van der Waals surface area contributed by atoms with Gasteiger partial charge in [0.1, 0.15) is 17.2 Å². The fourth-order valence-electron chi connectivity index (χ4n) is 4.62. The number of methoxy groups -OCH3 is 1. The lowest BCUT2D eigenvalue weighted by molar-refractivity contribution is -0.116. The standard InChI is InChI=1S/C27H26N4O6S/c1-37-20-11-8-18(9-12-20)29-38(35,36)24-16-19(10-13-23(24)30-14-4-5-15-30)28-25(32)17-31-26(33)21-6-2-3-7-22(21)27(31)34/h2-3,6-13,16,29H,4-5,14-15,17H2,1H3,(H,28,32). The summed E-state index contributed by atoms with van der Waals surface area (Å²) in [6.45, 7) is 0.944. The van der Waals surface area contributed by atoms with Crippen LogP contribution in [0, 0.1) is 0 Å². The van der Waals surface area contributed by atoms with Crippen LogP contribution in [0.1, 0.15) is 33.6 Å². The van der Waals surface area contributed by atoms with E-state index >= 15 is 0 Å². The normalized spacial score (nSPS) is 15.0. The van der Waals surface area contributed by atoms with Crippen LogP contribution in [0.15, 0.2) is 71.6 Å². The zero-order valence-electron chi connectivity index (χ0n) is 20.6. The Morgan fingerprint density at radius 3 is 2.11 bits per heavy atom. The van der Waals surface area contributed by atoms with E-state index in [1.165, 1.54) is 25.3 Å². The van der Waals surface area contributed by atoms with E-state index in [2.05, 4.69) is 10.0 Å². The summed E-state index contributed by atoms with van der Waals surface area (Å²) in [4.78, 5) is 40.9. The molecule has 0 bridgehead atoms. The molecule has 2 N–H and O–H groups in total. The van der Waals surface area contributed by atoms with Crippen LogP contribution >= 0.6 is 0 Å². The minimum atomic E-state index is -4.04. The summed E-state index contributed by atoms with van der Waals surface area (Å²) in [5, 5.41) is 2.63. The Morgan fingerprint density at radius 2 is 1.50 bits per heavy atom. The number of hydrogen-bond acceptors (Lipinski definition) is 7. The number of nitrogens with one attached hydrogen (secondary N) is 2. The van der Waals surface area contributed by atoms with Crippen LogP contribution in [0.3, 0.4) is 0 Å². The van der Waals surface area contributed by atoms with Crippen molar-refractivity contribution in [1.82, 2.24) is 4.90 Å². The van der Waals surface area contributed by atoms with Crippen LogP contribution < -0.4 is 19.7 Å². The number of hydrogen-bond donors (Lipinski definition) is 2. The summed E-state index contributed by atoms with van der Waals surface area (Å²) in [6.07, 6.45) is 1.90. The van der Waals surface area contributed by atoms with Crippen molar-refractivity contribution < 1.29 is 27.5 Å². The van der Waals surface area contributed by atoms with Gasteiger partial charge in [-0.1, -0.05) is 12.1 Å². The molecule has 11 heteroatoms. The highest BCUT2D eigenvalue weighted by atomic mass is 32.2. The van der Waals surface area contributed by atoms with E-state index in [1.807, 2.05) is 4.90 Å². The van der Waals surface area contributed by atoms with Crippen molar-refractivity contribution in [1.29, 1.82) is 0 Å². The smallest absolute Gasteiger partial charge is 0.264 e. The fraction of sp³-hybridized carbons (Fsp3) is 0.222. The molecule has 2 aliphatic rings. The minimum absolute atomic E-state index is 0.00810. The number of sulfonamides is 1. The SMILES string of the molecule is COc1ccc(NS(=O)(=O)c2cc(NC(=O)CN3C(=O)c4ccccc4C3=O)ccc2N2CCCC2)cc1. The molecule has 0 aliphatic carbocycles. The first kappa shape index (κ1) is 25.3. The highest BCUT2D eigenvalue weighted by Crippen LogP contribution is 2.32. The highest BCUT2D eigenvalue weighted by Gasteiger charge is 2.36. The predicted octanol–water partition coefficient (Wildman–Crippen LogP) is 3.33. The van der Waals surface area contributed by atoms with E-state index in [4.69, 9.17) is 4.74 Å². The lowest BCUT2D eigenvalue weighted by Gasteiger charge is -2.23. The van der Waals surface area contributed by atoms with Crippen molar-refractivity contribution in [2.45, 2.75) is 17.7 Å². The van der Waals surface area contributed by atoms with Gasteiger partial charge in [-0.05, 0) is 67.4 Å². The van der Waals surface area contributed by atoms with Gasteiger partial charge in [0.05, 0.1) is 23.9 Å². The first-order chi connectivity index (χ1) is 18.3. The van der Waals surface area contributed by atoms with Gasteiger partial charge in [-0.3, -0.25) is 24.0 Å². The molecule has 0 saturated carbocycles. The maximum atomic E-state index is 13.5. The van der Waals surface area contributed by atoms with Gasteiger partial charge in [-0.2, -0.15) is 0 Å². The summed E-state index contributed by atoms with van der Waals surface area (Å²) in [5.41, 5.74) is 1.61. The van der Waals surface area contributed by atoms with E-state index in [9.17, 15) is 22.8 Å². The van der Waals surface area contributed by atoms with Gasteiger partial charge in [0.15, 0.2) is 0 Å². The summed E-state index contributed by atoms with van der Waals surface area (Å²) in [5.74, 6) is -1.12. The maximum absolute atomic E-state index is 13.5. The van der Waals surface area contributed by atoms with E-state index in [0.29, 0.717) is 17.1 Å². The van der Waals surface area contributed by atoms with Crippen LogP contribution in [0.5, 0.6) is 5.75 Å². The highest BCUT2D eigenvalue weighted by molar-refractivity contribution is 7.92. The second-order valence-corrected chi connectivity index (χ2v) is 10.7. The Morgan fingerprint density at radius 1 is 0.895 bits per heavy atom. The molecule has 0 atom stereocenters. The Kier molecular flexibility index (Phi) is 6.77. The molecule has 5 rings (SSSR count). The maximum Gasteiger partial charge on any atom is 0.264 e. The zero-order chi connectivity index (χ0) is 26.9.